The topological polar surface area (TPSA) is 105 Å². The third-order valence-corrected chi connectivity index (χ3v) is 6.59. The quantitative estimate of drug-likeness (QED) is 0.209. The summed E-state index contributed by atoms with van der Waals surface area (Å²) in [5.74, 6) is 3.13. The van der Waals surface area contributed by atoms with Gasteiger partial charge in [0.2, 0.25) is 5.88 Å². The smallest absolute Gasteiger partial charge is 0.319 e. The number of pyridine rings is 1. The van der Waals surface area contributed by atoms with Crippen molar-refractivity contribution in [2.75, 3.05) is 26.6 Å². The number of benzene rings is 2. The van der Waals surface area contributed by atoms with Crippen LogP contribution in [0.4, 0.5) is 14.6 Å². The molecule has 10 nitrogen and oxygen atoms in total. The van der Waals surface area contributed by atoms with Gasteiger partial charge >= 0.3 is 6.55 Å². The molecule has 41 heavy (non-hydrogen) atoms. The summed E-state index contributed by atoms with van der Waals surface area (Å²) in [6.07, 6.45) is 3.68. The molecule has 0 aliphatic carbocycles. The lowest BCUT2D eigenvalue weighted by Gasteiger charge is -2.17. The molecule has 0 unspecified atom stereocenters. The molecule has 2 aromatic carbocycles. The van der Waals surface area contributed by atoms with E-state index < -0.39 is 6.55 Å². The second-order valence-electron chi connectivity index (χ2n) is 9.09. The molecular formula is C29H28F2N6O4. The number of alkyl halides is 2. The first-order valence-electron chi connectivity index (χ1n) is 12.6. The van der Waals surface area contributed by atoms with Crippen LogP contribution in [-0.2, 0) is 6.54 Å². The highest BCUT2D eigenvalue weighted by molar-refractivity contribution is 5.95. The lowest BCUT2D eigenvalue weighted by molar-refractivity contribution is 0.0702. The molecule has 0 aliphatic rings. The van der Waals surface area contributed by atoms with Crippen molar-refractivity contribution in [2.45, 2.75) is 26.9 Å². The van der Waals surface area contributed by atoms with Crippen molar-refractivity contribution in [2.24, 2.45) is 0 Å². The van der Waals surface area contributed by atoms with Gasteiger partial charge in [-0.2, -0.15) is 8.78 Å². The van der Waals surface area contributed by atoms with Gasteiger partial charge < -0.3 is 24.3 Å². The summed E-state index contributed by atoms with van der Waals surface area (Å²) in [5, 5.41) is 3.84. The van der Waals surface area contributed by atoms with Gasteiger partial charge in [0.05, 0.1) is 38.9 Å². The summed E-state index contributed by atoms with van der Waals surface area (Å²) >= 11 is 0. The molecule has 0 radical (unpaired) electrons. The normalized spacial score (nSPS) is 11.1. The molecule has 0 aliphatic heterocycles. The SMILES string of the molecule is COc1ccc(CNc2ncnc3cc(-c4cn(C(F)F)cn4)nc(Oc4c(C)ccc(OC)c4C)c23)c(OC)c1. The van der Waals surface area contributed by atoms with Gasteiger partial charge in [-0.05, 0) is 43.7 Å². The first kappa shape index (κ1) is 27.6. The maximum absolute atomic E-state index is 13.3. The molecule has 0 bridgehead atoms. The standard InChI is InChI=1S/C29H28F2N6O4/c1-16-6-9-23(39-4)17(2)26(16)41-28-25-21(11-20(36-28)22-13-37(15-35-22)29(30)31)33-14-34-27(25)32-12-18-7-8-19(38-3)10-24(18)40-5/h6-11,13-15,29H,12H2,1-5H3,(H,32,33,34). The van der Waals surface area contributed by atoms with Gasteiger partial charge in [0.1, 0.15) is 46.2 Å². The molecule has 3 aromatic heterocycles. The second kappa shape index (κ2) is 11.6. The minimum atomic E-state index is -2.73. The Morgan fingerprint density at radius 2 is 1.71 bits per heavy atom. The van der Waals surface area contributed by atoms with Crippen molar-refractivity contribution in [1.29, 1.82) is 0 Å². The van der Waals surface area contributed by atoms with E-state index in [0.29, 0.717) is 56.5 Å². The molecule has 0 atom stereocenters. The van der Waals surface area contributed by atoms with Crippen LogP contribution in [0.5, 0.6) is 28.9 Å². The van der Waals surface area contributed by atoms with Crippen LogP contribution in [-0.4, -0.2) is 45.8 Å². The summed E-state index contributed by atoms with van der Waals surface area (Å²) in [6, 6.07) is 10.9. The molecule has 0 saturated heterocycles. The van der Waals surface area contributed by atoms with Crippen LogP contribution in [0, 0.1) is 13.8 Å². The van der Waals surface area contributed by atoms with E-state index in [1.807, 2.05) is 38.1 Å². The van der Waals surface area contributed by atoms with E-state index in [2.05, 4.69) is 20.3 Å². The fraction of sp³-hybridized carbons (Fsp3) is 0.241. The number of nitrogens with one attached hydrogen (secondary N) is 1. The third kappa shape index (κ3) is 5.53. The number of halogens is 2. The molecular weight excluding hydrogens is 534 g/mol. The lowest BCUT2D eigenvalue weighted by atomic mass is 10.1. The minimum Gasteiger partial charge on any atom is -0.497 e. The molecule has 5 rings (SSSR count). The number of anilines is 1. The summed E-state index contributed by atoms with van der Waals surface area (Å²) in [7, 11) is 4.76. The second-order valence-corrected chi connectivity index (χ2v) is 9.09. The van der Waals surface area contributed by atoms with Gasteiger partial charge in [0, 0.05) is 29.9 Å². The maximum Gasteiger partial charge on any atom is 0.319 e. The number of aromatic nitrogens is 5. The molecule has 5 aromatic rings. The molecule has 0 amide bonds. The Balaban J connectivity index is 1.63. The molecule has 0 saturated carbocycles. The fourth-order valence-corrected chi connectivity index (χ4v) is 4.42. The molecule has 0 fully saturated rings. The van der Waals surface area contributed by atoms with Gasteiger partial charge in [-0.1, -0.05) is 6.07 Å². The predicted molar refractivity (Wildman–Crippen MR) is 149 cm³/mol. The average Bonchev–Trinajstić information content (AvgIpc) is 3.49. The Bertz CT molecular complexity index is 1710. The van der Waals surface area contributed by atoms with Crippen molar-refractivity contribution >= 4 is 16.7 Å². The summed E-state index contributed by atoms with van der Waals surface area (Å²) in [6.45, 7) is 1.41. The Hall–Kier alpha value is -5.00. The van der Waals surface area contributed by atoms with Crippen LogP contribution in [0.1, 0.15) is 23.2 Å². The number of fused-ring (bicyclic) bond motifs is 1. The zero-order chi connectivity index (χ0) is 29.1. The lowest BCUT2D eigenvalue weighted by Crippen LogP contribution is -2.06. The minimum absolute atomic E-state index is 0.174. The van der Waals surface area contributed by atoms with E-state index in [1.54, 1.807) is 33.5 Å². The van der Waals surface area contributed by atoms with E-state index >= 15 is 0 Å². The van der Waals surface area contributed by atoms with Crippen LogP contribution in [0.25, 0.3) is 22.3 Å². The predicted octanol–water partition coefficient (Wildman–Crippen LogP) is 6.33. The number of ether oxygens (including phenoxy) is 4. The van der Waals surface area contributed by atoms with E-state index in [-0.39, 0.29) is 11.6 Å². The van der Waals surface area contributed by atoms with Gasteiger partial charge in [0.25, 0.3) is 0 Å². The highest BCUT2D eigenvalue weighted by Crippen LogP contribution is 2.39. The number of nitrogens with zero attached hydrogens (tertiary/aromatic N) is 5. The van der Waals surface area contributed by atoms with Crippen LogP contribution in [0.2, 0.25) is 0 Å². The summed E-state index contributed by atoms with van der Waals surface area (Å²) < 4.78 is 50.0. The number of rotatable bonds is 10. The van der Waals surface area contributed by atoms with Gasteiger partial charge in [-0.15, -0.1) is 0 Å². The number of imidazole rings is 1. The van der Waals surface area contributed by atoms with Crippen LogP contribution < -0.4 is 24.3 Å². The van der Waals surface area contributed by atoms with E-state index in [4.69, 9.17) is 23.9 Å². The largest absolute Gasteiger partial charge is 0.497 e. The molecule has 0 spiro atoms. The Morgan fingerprint density at radius 3 is 2.41 bits per heavy atom. The van der Waals surface area contributed by atoms with E-state index in [1.165, 1.54) is 12.5 Å². The van der Waals surface area contributed by atoms with Crippen molar-refractivity contribution in [3.8, 4) is 40.3 Å². The monoisotopic (exact) mass is 562 g/mol. The van der Waals surface area contributed by atoms with E-state index in [9.17, 15) is 8.78 Å². The Kier molecular flexibility index (Phi) is 7.81. The van der Waals surface area contributed by atoms with Crippen molar-refractivity contribution < 1.29 is 27.7 Å². The Morgan fingerprint density at radius 1 is 0.902 bits per heavy atom. The van der Waals surface area contributed by atoms with Crippen molar-refractivity contribution in [3.63, 3.8) is 0 Å². The van der Waals surface area contributed by atoms with Gasteiger partial charge in [-0.25, -0.2) is 19.9 Å². The van der Waals surface area contributed by atoms with Crippen LogP contribution in [0.15, 0.2) is 55.2 Å². The number of hydrogen-bond donors (Lipinski definition) is 1. The first-order chi connectivity index (χ1) is 19.8. The summed E-state index contributed by atoms with van der Waals surface area (Å²) in [5.41, 5.74) is 3.51. The number of aryl methyl sites for hydroxylation is 1. The molecule has 3 heterocycles. The maximum atomic E-state index is 13.3. The zero-order valence-corrected chi connectivity index (χ0v) is 23.1. The van der Waals surface area contributed by atoms with Gasteiger partial charge in [-0.3, -0.25) is 4.57 Å². The van der Waals surface area contributed by atoms with Gasteiger partial charge in [0.15, 0.2) is 0 Å². The molecule has 12 heteroatoms. The van der Waals surface area contributed by atoms with Crippen LogP contribution in [0.3, 0.4) is 0 Å². The fourth-order valence-electron chi connectivity index (χ4n) is 4.42. The van der Waals surface area contributed by atoms with Crippen molar-refractivity contribution in [3.05, 3.63) is 71.9 Å². The van der Waals surface area contributed by atoms with Crippen molar-refractivity contribution in [1.82, 2.24) is 24.5 Å². The van der Waals surface area contributed by atoms with E-state index in [0.717, 1.165) is 23.0 Å². The average molecular weight is 563 g/mol. The summed E-state index contributed by atoms with van der Waals surface area (Å²) in [4.78, 5) is 17.7. The number of hydrogen-bond acceptors (Lipinski definition) is 9. The zero-order valence-electron chi connectivity index (χ0n) is 23.1. The van der Waals surface area contributed by atoms with Crippen LogP contribution >= 0.6 is 0 Å². The highest BCUT2D eigenvalue weighted by atomic mass is 19.3. The third-order valence-electron chi connectivity index (χ3n) is 6.59. The highest BCUT2D eigenvalue weighted by Gasteiger charge is 2.20. The number of methoxy groups -OCH3 is 3. The molecule has 1 N–H and O–H groups in total. The first-order valence-corrected chi connectivity index (χ1v) is 12.6. The Labute approximate surface area is 234 Å². The molecule has 212 valence electrons.